The molecule has 5 heteroatoms. The van der Waals surface area contributed by atoms with Gasteiger partial charge in [0.25, 0.3) is 0 Å². The van der Waals surface area contributed by atoms with E-state index in [0.717, 1.165) is 16.9 Å². The Hall–Kier alpha value is -2.20. The van der Waals surface area contributed by atoms with Gasteiger partial charge in [0.2, 0.25) is 0 Å². The van der Waals surface area contributed by atoms with Crippen LogP contribution in [0.25, 0.3) is 0 Å². The molecule has 0 aliphatic rings. The summed E-state index contributed by atoms with van der Waals surface area (Å²) in [6, 6.07) is 14.7. The van der Waals surface area contributed by atoms with Gasteiger partial charge in [-0.05, 0) is 35.4 Å². The number of urea groups is 1. The summed E-state index contributed by atoms with van der Waals surface area (Å²) in [6.07, 6.45) is 0. The predicted octanol–water partition coefficient (Wildman–Crippen LogP) is 3.35. The molecule has 110 valence electrons. The quantitative estimate of drug-likeness (QED) is 0.890. The second kappa shape index (κ2) is 7.55. The van der Waals surface area contributed by atoms with Gasteiger partial charge in [-0.25, -0.2) is 4.79 Å². The molecule has 0 saturated carbocycles. The molecule has 0 atom stereocenters. The lowest BCUT2D eigenvalue weighted by atomic mass is 10.2. The number of hydrogen-bond donors (Lipinski definition) is 2. The first-order valence-corrected chi connectivity index (χ1v) is 6.94. The fourth-order valence-corrected chi connectivity index (χ4v) is 1.94. The lowest BCUT2D eigenvalue weighted by molar-refractivity contribution is 0.240. The smallest absolute Gasteiger partial charge is 0.315 e. The fourth-order valence-electron chi connectivity index (χ4n) is 1.81. The van der Waals surface area contributed by atoms with Gasteiger partial charge in [-0.15, -0.1) is 0 Å². The van der Waals surface area contributed by atoms with Gasteiger partial charge in [-0.3, -0.25) is 0 Å². The van der Waals surface area contributed by atoms with Gasteiger partial charge in [0, 0.05) is 18.1 Å². The maximum atomic E-state index is 11.7. The number of hydrogen-bond acceptors (Lipinski definition) is 2. The van der Waals surface area contributed by atoms with E-state index in [2.05, 4.69) is 10.6 Å². The van der Waals surface area contributed by atoms with Crippen molar-refractivity contribution in [3.8, 4) is 5.75 Å². The minimum Gasteiger partial charge on any atom is -0.497 e. The van der Waals surface area contributed by atoms with Crippen LogP contribution in [0.2, 0.25) is 5.02 Å². The predicted molar refractivity (Wildman–Crippen MR) is 83.5 cm³/mol. The van der Waals surface area contributed by atoms with E-state index in [-0.39, 0.29) is 6.03 Å². The van der Waals surface area contributed by atoms with E-state index in [0.29, 0.717) is 18.1 Å². The van der Waals surface area contributed by atoms with Gasteiger partial charge in [0.05, 0.1) is 7.11 Å². The monoisotopic (exact) mass is 304 g/mol. The first-order chi connectivity index (χ1) is 10.2. The Labute approximate surface area is 129 Å². The molecule has 2 N–H and O–H groups in total. The molecule has 0 unspecified atom stereocenters. The van der Waals surface area contributed by atoms with E-state index < -0.39 is 0 Å². The van der Waals surface area contributed by atoms with E-state index in [1.54, 1.807) is 19.2 Å². The first-order valence-electron chi connectivity index (χ1n) is 6.56. The summed E-state index contributed by atoms with van der Waals surface area (Å²) in [7, 11) is 1.62. The van der Waals surface area contributed by atoms with Gasteiger partial charge in [0.15, 0.2) is 0 Å². The highest BCUT2D eigenvalue weighted by Gasteiger charge is 2.02. The number of halogens is 1. The number of carbonyl (C=O) groups excluding carboxylic acids is 1. The third-order valence-corrected chi connectivity index (χ3v) is 3.21. The standard InChI is InChI=1S/C16H17ClN2O2/c1-21-15-4-2-3-13(9-15)11-19-16(20)18-10-12-5-7-14(17)8-6-12/h2-9H,10-11H2,1H3,(H2,18,19,20). The summed E-state index contributed by atoms with van der Waals surface area (Å²) < 4.78 is 5.14. The maximum absolute atomic E-state index is 11.7. The van der Waals surface area contributed by atoms with Crippen LogP contribution in [0.15, 0.2) is 48.5 Å². The first kappa shape index (κ1) is 15.2. The molecule has 0 radical (unpaired) electrons. The molecule has 0 fully saturated rings. The number of nitrogens with one attached hydrogen (secondary N) is 2. The second-order valence-corrected chi connectivity index (χ2v) is 4.95. The molecule has 2 amide bonds. The topological polar surface area (TPSA) is 50.4 Å². The lowest BCUT2D eigenvalue weighted by Crippen LogP contribution is -2.34. The van der Waals surface area contributed by atoms with Crippen LogP contribution in [0.3, 0.4) is 0 Å². The zero-order valence-corrected chi connectivity index (χ0v) is 12.5. The fraction of sp³-hybridized carbons (Fsp3) is 0.188. The lowest BCUT2D eigenvalue weighted by Gasteiger charge is -2.09. The summed E-state index contributed by atoms with van der Waals surface area (Å²) in [5.74, 6) is 0.774. The van der Waals surface area contributed by atoms with Crippen molar-refractivity contribution < 1.29 is 9.53 Å². The van der Waals surface area contributed by atoms with E-state index >= 15 is 0 Å². The molecular formula is C16H17ClN2O2. The summed E-state index contributed by atoms with van der Waals surface area (Å²) in [5.41, 5.74) is 1.98. The van der Waals surface area contributed by atoms with Crippen molar-refractivity contribution >= 4 is 17.6 Å². The summed E-state index contributed by atoms with van der Waals surface area (Å²) >= 11 is 5.81. The molecule has 2 aromatic carbocycles. The van der Waals surface area contributed by atoms with Crippen LogP contribution in [0, 0.1) is 0 Å². The van der Waals surface area contributed by atoms with Crippen LogP contribution in [-0.4, -0.2) is 13.1 Å². The van der Waals surface area contributed by atoms with Gasteiger partial charge >= 0.3 is 6.03 Å². The molecule has 0 aromatic heterocycles. The largest absolute Gasteiger partial charge is 0.497 e. The van der Waals surface area contributed by atoms with Crippen molar-refractivity contribution in [2.45, 2.75) is 13.1 Å². The maximum Gasteiger partial charge on any atom is 0.315 e. The molecule has 0 spiro atoms. The van der Waals surface area contributed by atoms with Crippen LogP contribution in [0.1, 0.15) is 11.1 Å². The van der Waals surface area contributed by atoms with Gasteiger partial charge in [0.1, 0.15) is 5.75 Å². The van der Waals surface area contributed by atoms with Crippen LogP contribution >= 0.6 is 11.6 Å². The Morgan fingerprint density at radius 1 is 1.05 bits per heavy atom. The molecule has 2 aromatic rings. The van der Waals surface area contributed by atoms with Gasteiger partial charge in [-0.1, -0.05) is 35.9 Å². The molecule has 2 rings (SSSR count). The molecule has 0 bridgehead atoms. The molecule has 21 heavy (non-hydrogen) atoms. The normalized spacial score (nSPS) is 10.0. The SMILES string of the molecule is COc1cccc(CNC(=O)NCc2ccc(Cl)cc2)c1. The Bertz CT molecular complexity index is 599. The van der Waals surface area contributed by atoms with E-state index in [1.165, 1.54) is 0 Å². The van der Waals surface area contributed by atoms with Crippen molar-refractivity contribution in [1.29, 1.82) is 0 Å². The summed E-state index contributed by atoms with van der Waals surface area (Å²) in [5, 5.41) is 6.27. The molecule has 0 aliphatic carbocycles. The van der Waals surface area contributed by atoms with Crippen LogP contribution < -0.4 is 15.4 Å². The molecule has 0 aliphatic heterocycles. The van der Waals surface area contributed by atoms with Crippen molar-refractivity contribution in [3.63, 3.8) is 0 Å². The zero-order valence-electron chi connectivity index (χ0n) is 11.7. The number of carbonyl (C=O) groups is 1. The van der Waals surface area contributed by atoms with Crippen molar-refractivity contribution in [2.24, 2.45) is 0 Å². The Kier molecular flexibility index (Phi) is 5.46. The highest BCUT2D eigenvalue weighted by Crippen LogP contribution is 2.12. The van der Waals surface area contributed by atoms with E-state index in [9.17, 15) is 4.79 Å². The number of benzene rings is 2. The highest BCUT2D eigenvalue weighted by atomic mass is 35.5. The third kappa shape index (κ3) is 5.00. The van der Waals surface area contributed by atoms with Crippen molar-refractivity contribution in [2.75, 3.05) is 7.11 Å². The number of rotatable bonds is 5. The van der Waals surface area contributed by atoms with Crippen LogP contribution in [-0.2, 0) is 13.1 Å². The minimum absolute atomic E-state index is 0.215. The minimum atomic E-state index is -0.215. The molecule has 4 nitrogen and oxygen atoms in total. The van der Waals surface area contributed by atoms with Crippen molar-refractivity contribution in [1.82, 2.24) is 10.6 Å². The number of ether oxygens (including phenoxy) is 1. The van der Waals surface area contributed by atoms with Crippen molar-refractivity contribution in [3.05, 3.63) is 64.7 Å². The van der Waals surface area contributed by atoms with Gasteiger partial charge in [-0.2, -0.15) is 0 Å². The Morgan fingerprint density at radius 2 is 1.71 bits per heavy atom. The Morgan fingerprint density at radius 3 is 2.38 bits per heavy atom. The highest BCUT2D eigenvalue weighted by molar-refractivity contribution is 6.30. The van der Waals surface area contributed by atoms with Crippen LogP contribution in [0.5, 0.6) is 5.75 Å². The zero-order chi connectivity index (χ0) is 15.1. The van der Waals surface area contributed by atoms with E-state index in [4.69, 9.17) is 16.3 Å². The van der Waals surface area contributed by atoms with E-state index in [1.807, 2.05) is 36.4 Å². The molecular weight excluding hydrogens is 288 g/mol. The third-order valence-electron chi connectivity index (χ3n) is 2.95. The Balaban J connectivity index is 1.78. The number of amides is 2. The number of methoxy groups -OCH3 is 1. The average molecular weight is 305 g/mol. The molecule has 0 heterocycles. The van der Waals surface area contributed by atoms with Gasteiger partial charge < -0.3 is 15.4 Å². The second-order valence-electron chi connectivity index (χ2n) is 4.51. The molecule has 0 saturated heterocycles. The summed E-state index contributed by atoms with van der Waals surface area (Å²) in [6.45, 7) is 0.908. The summed E-state index contributed by atoms with van der Waals surface area (Å²) in [4.78, 5) is 11.7. The van der Waals surface area contributed by atoms with Crippen LogP contribution in [0.4, 0.5) is 4.79 Å². The average Bonchev–Trinajstić information content (AvgIpc) is 2.52.